The van der Waals surface area contributed by atoms with Crippen LogP contribution in [-0.2, 0) is 17.9 Å². The number of nitrogen functional groups attached to an aromatic ring is 1. The van der Waals surface area contributed by atoms with E-state index in [1.165, 1.54) is 6.08 Å². The first kappa shape index (κ1) is 18.2. The van der Waals surface area contributed by atoms with Gasteiger partial charge in [-0.05, 0) is 24.1 Å². The number of amides is 1. The fourth-order valence-corrected chi connectivity index (χ4v) is 2.55. The SMILES string of the molecule is Nc1ncc(C=CC(=O)N(CCCn2ccnc2)Cc2cccnc2)cn1. The first-order valence-corrected chi connectivity index (χ1v) is 8.60. The van der Waals surface area contributed by atoms with Crippen LogP contribution in [0.15, 0.2) is 61.7 Å². The average Bonchev–Trinajstić information content (AvgIpc) is 3.21. The monoisotopic (exact) mass is 363 g/mol. The van der Waals surface area contributed by atoms with E-state index in [-0.39, 0.29) is 11.9 Å². The lowest BCUT2D eigenvalue weighted by atomic mass is 10.2. The van der Waals surface area contributed by atoms with Crippen LogP contribution in [0.1, 0.15) is 17.5 Å². The number of pyridine rings is 1. The van der Waals surface area contributed by atoms with Crippen LogP contribution in [0.3, 0.4) is 0 Å². The third kappa shape index (κ3) is 5.74. The molecule has 3 heterocycles. The van der Waals surface area contributed by atoms with E-state index < -0.39 is 0 Å². The van der Waals surface area contributed by atoms with Crippen LogP contribution in [-0.4, -0.2) is 41.9 Å². The van der Waals surface area contributed by atoms with Gasteiger partial charge in [0.05, 0.1) is 6.33 Å². The Balaban J connectivity index is 1.65. The summed E-state index contributed by atoms with van der Waals surface area (Å²) in [5, 5.41) is 0. The number of carbonyl (C=O) groups excluding carboxylic acids is 1. The van der Waals surface area contributed by atoms with Crippen molar-refractivity contribution in [1.82, 2.24) is 29.4 Å². The Bertz CT molecular complexity index is 861. The predicted molar refractivity (Wildman–Crippen MR) is 102 cm³/mol. The van der Waals surface area contributed by atoms with Crippen LogP contribution < -0.4 is 5.73 Å². The zero-order chi connectivity index (χ0) is 18.9. The maximum Gasteiger partial charge on any atom is 0.246 e. The Labute approximate surface area is 157 Å². The molecule has 3 aromatic rings. The molecule has 0 unspecified atom stereocenters. The highest BCUT2D eigenvalue weighted by Gasteiger charge is 2.11. The number of nitrogens with two attached hydrogens (primary N) is 1. The molecule has 27 heavy (non-hydrogen) atoms. The molecule has 0 radical (unpaired) electrons. The summed E-state index contributed by atoms with van der Waals surface area (Å²) in [4.78, 5) is 30.5. The van der Waals surface area contributed by atoms with E-state index in [1.807, 2.05) is 22.9 Å². The Kier molecular flexibility index (Phi) is 6.24. The van der Waals surface area contributed by atoms with Crippen molar-refractivity contribution in [2.45, 2.75) is 19.5 Å². The standard InChI is InChI=1S/C19H21N7O/c20-19-23-12-16(13-24-19)4-5-18(27)26(14-17-3-1-6-21-11-17)9-2-8-25-10-7-22-15-25/h1,3-7,10-13,15H,2,8-9,14H2,(H2,20,23,24). The summed E-state index contributed by atoms with van der Waals surface area (Å²) in [7, 11) is 0. The van der Waals surface area contributed by atoms with Gasteiger partial charge in [0.25, 0.3) is 0 Å². The highest BCUT2D eigenvalue weighted by atomic mass is 16.2. The van der Waals surface area contributed by atoms with Gasteiger partial charge in [0.1, 0.15) is 0 Å². The average molecular weight is 363 g/mol. The molecule has 0 saturated carbocycles. The van der Waals surface area contributed by atoms with Crippen molar-refractivity contribution in [3.05, 3.63) is 72.8 Å². The summed E-state index contributed by atoms with van der Waals surface area (Å²) < 4.78 is 1.99. The minimum absolute atomic E-state index is 0.0821. The summed E-state index contributed by atoms with van der Waals surface area (Å²) in [5.74, 6) is 0.123. The third-order valence-electron chi connectivity index (χ3n) is 3.92. The first-order valence-electron chi connectivity index (χ1n) is 8.60. The normalized spacial score (nSPS) is 11.0. The van der Waals surface area contributed by atoms with Crippen molar-refractivity contribution >= 4 is 17.9 Å². The van der Waals surface area contributed by atoms with Crippen molar-refractivity contribution < 1.29 is 4.79 Å². The number of hydrogen-bond donors (Lipinski definition) is 1. The molecule has 3 rings (SSSR count). The number of anilines is 1. The molecule has 2 N–H and O–H groups in total. The second-order valence-corrected chi connectivity index (χ2v) is 5.98. The van der Waals surface area contributed by atoms with Gasteiger partial charge in [-0.25, -0.2) is 15.0 Å². The van der Waals surface area contributed by atoms with E-state index in [1.54, 1.807) is 48.3 Å². The van der Waals surface area contributed by atoms with Crippen molar-refractivity contribution in [3.8, 4) is 0 Å². The second-order valence-electron chi connectivity index (χ2n) is 5.98. The molecular weight excluding hydrogens is 342 g/mol. The fraction of sp³-hybridized carbons (Fsp3) is 0.211. The summed E-state index contributed by atoms with van der Waals surface area (Å²) >= 11 is 0. The Morgan fingerprint density at radius 1 is 1.19 bits per heavy atom. The van der Waals surface area contributed by atoms with Crippen LogP contribution in [0.2, 0.25) is 0 Å². The van der Waals surface area contributed by atoms with Gasteiger partial charge >= 0.3 is 0 Å². The third-order valence-corrected chi connectivity index (χ3v) is 3.92. The topological polar surface area (TPSA) is 103 Å². The number of carbonyl (C=O) groups is 1. The van der Waals surface area contributed by atoms with Crippen LogP contribution in [0.4, 0.5) is 5.95 Å². The van der Waals surface area contributed by atoms with E-state index in [4.69, 9.17) is 5.73 Å². The minimum atomic E-state index is -0.0821. The van der Waals surface area contributed by atoms with Crippen molar-refractivity contribution in [2.24, 2.45) is 0 Å². The molecule has 8 nitrogen and oxygen atoms in total. The van der Waals surface area contributed by atoms with Gasteiger partial charge in [-0.2, -0.15) is 0 Å². The molecule has 0 atom stereocenters. The number of rotatable bonds is 8. The molecule has 0 aliphatic carbocycles. The van der Waals surface area contributed by atoms with Gasteiger partial charge < -0.3 is 15.2 Å². The van der Waals surface area contributed by atoms with Crippen molar-refractivity contribution in [2.75, 3.05) is 12.3 Å². The number of imidazole rings is 1. The second kappa shape index (κ2) is 9.23. The molecular formula is C19H21N7O. The number of hydrogen-bond acceptors (Lipinski definition) is 6. The molecule has 8 heteroatoms. The van der Waals surface area contributed by atoms with Crippen LogP contribution in [0, 0.1) is 0 Å². The lowest BCUT2D eigenvalue weighted by Gasteiger charge is -2.21. The summed E-state index contributed by atoms with van der Waals surface area (Å²) in [6.07, 6.45) is 16.1. The van der Waals surface area contributed by atoms with Crippen LogP contribution in [0.5, 0.6) is 0 Å². The zero-order valence-corrected chi connectivity index (χ0v) is 14.8. The number of nitrogens with zero attached hydrogens (tertiary/aromatic N) is 6. The van der Waals surface area contributed by atoms with Gasteiger partial charge in [0.15, 0.2) is 0 Å². The molecule has 3 aromatic heterocycles. The summed E-state index contributed by atoms with van der Waals surface area (Å²) in [5.41, 5.74) is 7.18. The lowest BCUT2D eigenvalue weighted by molar-refractivity contribution is -0.126. The first-order chi connectivity index (χ1) is 13.2. The zero-order valence-electron chi connectivity index (χ0n) is 14.8. The Morgan fingerprint density at radius 3 is 2.74 bits per heavy atom. The van der Waals surface area contributed by atoms with Crippen LogP contribution >= 0.6 is 0 Å². The van der Waals surface area contributed by atoms with Gasteiger partial charge in [-0.1, -0.05) is 6.07 Å². The smallest absolute Gasteiger partial charge is 0.246 e. The lowest BCUT2D eigenvalue weighted by Crippen LogP contribution is -2.30. The van der Waals surface area contributed by atoms with Crippen LogP contribution in [0.25, 0.3) is 6.08 Å². The van der Waals surface area contributed by atoms with Crippen molar-refractivity contribution in [3.63, 3.8) is 0 Å². The van der Waals surface area contributed by atoms with E-state index in [0.717, 1.165) is 24.1 Å². The fourth-order valence-electron chi connectivity index (χ4n) is 2.55. The van der Waals surface area contributed by atoms with Gasteiger partial charge in [-0.15, -0.1) is 0 Å². The molecule has 0 fully saturated rings. The molecule has 0 bridgehead atoms. The molecule has 0 aliphatic rings. The predicted octanol–water partition coefficient (Wildman–Crippen LogP) is 1.78. The van der Waals surface area contributed by atoms with Crippen molar-refractivity contribution in [1.29, 1.82) is 0 Å². The molecule has 0 aliphatic heterocycles. The Morgan fingerprint density at radius 2 is 2.04 bits per heavy atom. The van der Waals surface area contributed by atoms with Gasteiger partial charge in [-0.3, -0.25) is 9.78 Å². The molecule has 1 amide bonds. The molecule has 0 saturated heterocycles. The van der Waals surface area contributed by atoms with E-state index in [2.05, 4.69) is 19.9 Å². The maximum atomic E-state index is 12.7. The van der Waals surface area contributed by atoms with Gasteiger partial charge in [0, 0.05) is 68.5 Å². The summed E-state index contributed by atoms with van der Waals surface area (Å²) in [6.45, 7) is 1.92. The molecule has 0 spiro atoms. The van der Waals surface area contributed by atoms with E-state index in [0.29, 0.717) is 13.1 Å². The van der Waals surface area contributed by atoms with E-state index >= 15 is 0 Å². The van der Waals surface area contributed by atoms with E-state index in [9.17, 15) is 4.79 Å². The number of aromatic nitrogens is 5. The highest BCUT2D eigenvalue weighted by molar-refractivity contribution is 5.91. The Hall–Kier alpha value is -3.55. The van der Waals surface area contributed by atoms with Gasteiger partial charge in [0.2, 0.25) is 11.9 Å². The highest BCUT2D eigenvalue weighted by Crippen LogP contribution is 2.07. The minimum Gasteiger partial charge on any atom is -0.368 e. The molecule has 138 valence electrons. The summed E-state index contributed by atoms with van der Waals surface area (Å²) in [6, 6.07) is 3.83. The largest absolute Gasteiger partial charge is 0.368 e. The maximum absolute atomic E-state index is 12.7. The molecule has 0 aromatic carbocycles. The quantitative estimate of drug-likeness (QED) is 0.612. The number of aryl methyl sites for hydroxylation is 1.